The van der Waals surface area contributed by atoms with Crippen molar-refractivity contribution in [1.82, 2.24) is 19.7 Å². The summed E-state index contributed by atoms with van der Waals surface area (Å²) in [6.45, 7) is 4.99. The summed E-state index contributed by atoms with van der Waals surface area (Å²) < 4.78 is 1.71. The van der Waals surface area contributed by atoms with Crippen LogP contribution in [0.5, 0.6) is 0 Å². The molecule has 3 rings (SSSR count). The molecule has 1 N–H and O–H groups in total. The second-order valence-electron chi connectivity index (χ2n) is 5.89. The minimum atomic E-state index is -0.445. The fourth-order valence-electron chi connectivity index (χ4n) is 2.84. The van der Waals surface area contributed by atoms with Gasteiger partial charge in [0.05, 0.1) is 17.4 Å². The normalized spacial score (nSPS) is 22.8. The van der Waals surface area contributed by atoms with Crippen molar-refractivity contribution < 1.29 is 9.90 Å². The molecule has 3 heterocycles. The zero-order valence-electron chi connectivity index (χ0n) is 12.6. The van der Waals surface area contributed by atoms with Crippen LogP contribution in [0.1, 0.15) is 29.4 Å². The number of aliphatic hydroxyl groups excluding tert-OH is 1. The molecule has 112 valence electrons. The van der Waals surface area contributed by atoms with Gasteiger partial charge in [-0.15, -0.1) is 0 Å². The van der Waals surface area contributed by atoms with Crippen LogP contribution in [0, 0.1) is 12.8 Å². The topological polar surface area (TPSA) is 71.2 Å². The van der Waals surface area contributed by atoms with Gasteiger partial charge in [-0.25, -0.2) is 4.98 Å². The second kappa shape index (κ2) is 5.11. The van der Waals surface area contributed by atoms with Crippen molar-refractivity contribution in [3.63, 3.8) is 0 Å². The first kappa shape index (κ1) is 14.0. The van der Waals surface area contributed by atoms with Crippen molar-refractivity contribution in [2.45, 2.75) is 26.4 Å². The van der Waals surface area contributed by atoms with Gasteiger partial charge in [-0.1, -0.05) is 6.92 Å². The lowest BCUT2D eigenvalue weighted by molar-refractivity contribution is 0.0248. The van der Waals surface area contributed by atoms with Crippen LogP contribution in [0.4, 0.5) is 0 Å². The van der Waals surface area contributed by atoms with Gasteiger partial charge in [-0.3, -0.25) is 9.48 Å². The molecular formula is C15H20N4O2. The Hall–Kier alpha value is -1.95. The highest BCUT2D eigenvalue weighted by Crippen LogP contribution is 2.21. The van der Waals surface area contributed by atoms with Gasteiger partial charge in [0.25, 0.3) is 5.91 Å². The van der Waals surface area contributed by atoms with E-state index in [1.54, 1.807) is 15.8 Å². The number of pyridine rings is 1. The number of aromatic nitrogens is 3. The number of aliphatic hydroxyl groups is 1. The Bertz CT molecular complexity index is 694. The average molecular weight is 288 g/mol. The number of nitrogens with zero attached hydrogens (tertiary/aromatic N) is 4. The number of rotatable bonds is 1. The quantitative estimate of drug-likeness (QED) is 0.853. The Morgan fingerprint density at radius 1 is 1.48 bits per heavy atom. The summed E-state index contributed by atoms with van der Waals surface area (Å²) in [5.74, 6) is 0.175. The van der Waals surface area contributed by atoms with Crippen LogP contribution >= 0.6 is 0 Å². The number of piperidine rings is 1. The van der Waals surface area contributed by atoms with Gasteiger partial charge in [0.1, 0.15) is 0 Å². The van der Waals surface area contributed by atoms with Crippen LogP contribution in [0.3, 0.4) is 0 Å². The van der Waals surface area contributed by atoms with Crippen molar-refractivity contribution >= 4 is 16.9 Å². The summed E-state index contributed by atoms with van der Waals surface area (Å²) in [5.41, 5.74) is 2.19. The summed E-state index contributed by atoms with van der Waals surface area (Å²) in [6, 6.07) is 1.84. The highest BCUT2D eigenvalue weighted by Gasteiger charge is 2.28. The Morgan fingerprint density at radius 2 is 2.24 bits per heavy atom. The van der Waals surface area contributed by atoms with E-state index in [1.807, 2.05) is 27.0 Å². The third kappa shape index (κ3) is 2.40. The molecule has 2 atom stereocenters. The van der Waals surface area contributed by atoms with E-state index in [4.69, 9.17) is 0 Å². The Labute approximate surface area is 123 Å². The minimum Gasteiger partial charge on any atom is -0.391 e. The molecule has 0 aliphatic carbocycles. The van der Waals surface area contributed by atoms with Gasteiger partial charge in [-0.2, -0.15) is 5.10 Å². The van der Waals surface area contributed by atoms with E-state index >= 15 is 0 Å². The lowest BCUT2D eigenvalue weighted by Crippen LogP contribution is -2.45. The van der Waals surface area contributed by atoms with Crippen molar-refractivity contribution in [3.8, 4) is 0 Å². The first-order valence-electron chi connectivity index (χ1n) is 7.24. The van der Waals surface area contributed by atoms with E-state index in [1.165, 1.54) is 0 Å². The molecule has 0 spiro atoms. The van der Waals surface area contributed by atoms with Crippen molar-refractivity contribution in [2.75, 3.05) is 13.1 Å². The highest BCUT2D eigenvalue weighted by atomic mass is 16.3. The van der Waals surface area contributed by atoms with Crippen molar-refractivity contribution in [2.24, 2.45) is 13.0 Å². The molecule has 1 aliphatic rings. The predicted molar refractivity (Wildman–Crippen MR) is 78.9 cm³/mol. The first-order chi connectivity index (χ1) is 9.97. The van der Waals surface area contributed by atoms with Crippen molar-refractivity contribution in [1.29, 1.82) is 0 Å². The number of hydrogen-bond donors (Lipinski definition) is 1. The van der Waals surface area contributed by atoms with Gasteiger partial charge >= 0.3 is 0 Å². The maximum atomic E-state index is 12.6. The van der Waals surface area contributed by atoms with E-state index in [0.29, 0.717) is 18.7 Å². The Balaban J connectivity index is 1.89. The predicted octanol–water partition coefficient (Wildman–Crippen LogP) is 1.12. The average Bonchev–Trinajstić information content (AvgIpc) is 2.76. The number of carbonyl (C=O) groups excluding carboxylic acids is 1. The van der Waals surface area contributed by atoms with Crippen LogP contribution < -0.4 is 0 Å². The zero-order chi connectivity index (χ0) is 15.1. The molecule has 6 heteroatoms. The summed E-state index contributed by atoms with van der Waals surface area (Å²) in [5, 5.41) is 15.2. The summed E-state index contributed by atoms with van der Waals surface area (Å²) >= 11 is 0. The molecule has 1 fully saturated rings. The lowest BCUT2D eigenvalue weighted by atomic mass is 9.95. The minimum absolute atomic E-state index is 0.0707. The van der Waals surface area contributed by atoms with E-state index in [2.05, 4.69) is 10.1 Å². The molecule has 0 radical (unpaired) electrons. The fraction of sp³-hybridized carbons (Fsp3) is 0.533. The van der Waals surface area contributed by atoms with Gasteiger partial charge in [0, 0.05) is 31.7 Å². The molecule has 1 amide bonds. The van der Waals surface area contributed by atoms with Crippen LogP contribution in [-0.4, -0.2) is 49.9 Å². The zero-order valence-corrected chi connectivity index (χ0v) is 12.6. The third-order valence-electron chi connectivity index (χ3n) is 4.32. The third-order valence-corrected chi connectivity index (χ3v) is 4.32. The number of hydrogen-bond acceptors (Lipinski definition) is 4. The van der Waals surface area contributed by atoms with Gasteiger partial charge < -0.3 is 10.0 Å². The van der Waals surface area contributed by atoms with Gasteiger partial charge in [0.2, 0.25) is 0 Å². The SMILES string of the molecule is Cc1nn(C)c2ncc(C(=O)N3CCC(C)C(O)C3)cc12. The lowest BCUT2D eigenvalue weighted by Gasteiger charge is -2.34. The number of amides is 1. The standard InChI is InChI=1S/C15H20N4O2/c1-9-4-5-19(8-13(9)20)15(21)11-6-12-10(2)17-18(3)14(12)16-7-11/h6-7,9,13,20H,4-5,8H2,1-3H3. The molecule has 2 aromatic heterocycles. The Morgan fingerprint density at radius 3 is 2.95 bits per heavy atom. The van der Waals surface area contributed by atoms with Gasteiger partial charge in [0.15, 0.2) is 5.65 Å². The fourth-order valence-corrected chi connectivity index (χ4v) is 2.84. The monoisotopic (exact) mass is 288 g/mol. The molecule has 0 saturated carbocycles. The van der Waals surface area contributed by atoms with Crippen LogP contribution in [0.25, 0.3) is 11.0 Å². The molecule has 1 aliphatic heterocycles. The Kier molecular flexibility index (Phi) is 3.41. The number of likely N-dealkylation sites (tertiary alicyclic amines) is 1. The first-order valence-corrected chi connectivity index (χ1v) is 7.24. The maximum absolute atomic E-state index is 12.6. The van der Waals surface area contributed by atoms with E-state index in [9.17, 15) is 9.90 Å². The van der Waals surface area contributed by atoms with Crippen LogP contribution in [0.2, 0.25) is 0 Å². The summed E-state index contributed by atoms with van der Waals surface area (Å²) in [4.78, 5) is 18.6. The molecule has 21 heavy (non-hydrogen) atoms. The van der Waals surface area contributed by atoms with Crippen LogP contribution in [0.15, 0.2) is 12.3 Å². The molecule has 0 bridgehead atoms. The largest absolute Gasteiger partial charge is 0.391 e. The molecule has 6 nitrogen and oxygen atoms in total. The summed E-state index contributed by atoms with van der Waals surface area (Å²) in [7, 11) is 1.84. The number of aryl methyl sites for hydroxylation is 2. The van der Waals surface area contributed by atoms with Crippen LogP contribution in [-0.2, 0) is 7.05 Å². The molecule has 2 unspecified atom stereocenters. The van der Waals surface area contributed by atoms with E-state index in [-0.39, 0.29) is 11.8 Å². The smallest absolute Gasteiger partial charge is 0.255 e. The molecular weight excluding hydrogens is 268 g/mol. The van der Waals surface area contributed by atoms with Gasteiger partial charge in [-0.05, 0) is 25.3 Å². The number of β-amino-alcohol motifs (C(OH)–C–C–N with tert-alkyl or cyclic N) is 1. The summed E-state index contributed by atoms with van der Waals surface area (Å²) in [6.07, 6.45) is 1.98. The second-order valence-corrected chi connectivity index (χ2v) is 5.89. The number of fused-ring (bicyclic) bond motifs is 1. The van der Waals surface area contributed by atoms with E-state index < -0.39 is 6.10 Å². The maximum Gasteiger partial charge on any atom is 0.255 e. The highest BCUT2D eigenvalue weighted by molar-refractivity contribution is 5.97. The molecule has 0 aromatic carbocycles. The van der Waals surface area contributed by atoms with E-state index in [0.717, 1.165) is 23.1 Å². The number of carbonyl (C=O) groups is 1. The molecule has 2 aromatic rings. The molecule has 1 saturated heterocycles. The van der Waals surface area contributed by atoms with Crippen molar-refractivity contribution in [3.05, 3.63) is 23.5 Å².